The van der Waals surface area contributed by atoms with Crippen molar-refractivity contribution in [1.82, 2.24) is 4.90 Å². The quantitative estimate of drug-likeness (QED) is 0.728. The van der Waals surface area contributed by atoms with Crippen molar-refractivity contribution in [2.75, 3.05) is 19.7 Å². The van der Waals surface area contributed by atoms with Crippen LogP contribution in [0.5, 0.6) is 0 Å². The first-order valence-corrected chi connectivity index (χ1v) is 5.27. The Morgan fingerprint density at radius 1 is 1.47 bits per heavy atom. The number of halogens is 2. The molecule has 1 heterocycles. The molecular weight excluding hydrogens is 204 g/mol. The normalized spacial score (nSPS) is 22.9. The van der Waals surface area contributed by atoms with Crippen LogP contribution in [-0.2, 0) is 9.53 Å². The van der Waals surface area contributed by atoms with Crippen molar-refractivity contribution < 1.29 is 18.3 Å². The summed E-state index contributed by atoms with van der Waals surface area (Å²) in [5.74, 6) is 0.281. The molecule has 0 radical (unpaired) electrons. The van der Waals surface area contributed by atoms with Gasteiger partial charge in [0.05, 0.1) is 0 Å². The molecule has 1 atom stereocenters. The van der Waals surface area contributed by atoms with Crippen LogP contribution in [0.2, 0.25) is 0 Å². The van der Waals surface area contributed by atoms with Crippen LogP contribution in [0.25, 0.3) is 0 Å². The summed E-state index contributed by atoms with van der Waals surface area (Å²) in [7, 11) is 0. The Kier molecular flexibility index (Phi) is 4.94. The first kappa shape index (κ1) is 12.4. The molecule has 15 heavy (non-hydrogen) atoms. The summed E-state index contributed by atoms with van der Waals surface area (Å²) in [5, 5.41) is 0. The third-order valence-corrected chi connectivity index (χ3v) is 2.70. The zero-order chi connectivity index (χ0) is 11.3. The van der Waals surface area contributed by atoms with E-state index in [4.69, 9.17) is 0 Å². The average Bonchev–Trinajstić information content (AvgIpc) is 2.39. The fraction of sp³-hybridized carbons (Fsp3) is 0.900. The number of alkyl halides is 2. The van der Waals surface area contributed by atoms with E-state index in [0.29, 0.717) is 19.0 Å². The summed E-state index contributed by atoms with van der Waals surface area (Å²) >= 11 is 0. The maximum absolute atomic E-state index is 11.7. The molecule has 3 nitrogen and oxygen atoms in total. The number of hydrogen-bond acceptors (Lipinski definition) is 2. The van der Waals surface area contributed by atoms with E-state index in [-0.39, 0.29) is 5.91 Å². The number of hydrogen-bond donors (Lipinski definition) is 0. The molecule has 0 aromatic carbocycles. The Morgan fingerprint density at radius 2 is 2.20 bits per heavy atom. The number of amides is 1. The topological polar surface area (TPSA) is 29.5 Å². The van der Waals surface area contributed by atoms with E-state index in [1.54, 1.807) is 4.90 Å². The Hall–Kier alpha value is -0.710. The molecule has 0 saturated carbocycles. The van der Waals surface area contributed by atoms with Crippen LogP contribution >= 0.6 is 0 Å². The van der Waals surface area contributed by atoms with Crippen molar-refractivity contribution in [1.29, 1.82) is 0 Å². The SMILES string of the molecule is C[C@H]1CCCN(C(=O)COC(F)F)CC1. The second-order valence-corrected chi connectivity index (χ2v) is 3.99. The van der Waals surface area contributed by atoms with Gasteiger partial charge in [0, 0.05) is 13.1 Å². The number of rotatable bonds is 3. The standard InChI is InChI=1S/C10H17F2NO2/c1-8-3-2-5-13(6-4-8)9(14)7-15-10(11)12/h8,10H,2-7H2,1H3/t8-/m0/s1. The predicted octanol–water partition coefficient (Wildman–Crippen LogP) is 1.87. The predicted molar refractivity (Wildman–Crippen MR) is 51.6 cm³/mol. The summed E-state index contributed by atoms with van der Waals surface area (Å²) in [6, 6.07) is 0. The van der Waals surface area contributed by atoms with Gasteiger partial charge in [-0.1, -0.05) is 6.92 Å². The lowest BCUT2D eigenvalue weighted by molar-refractivity contribution is -0.159. The highest BCUT2D eigenvalue weighted by atomic mass is 19.3. The third-order valence-electron chi connectivity index (χ3n) is 2.70. The largest absolute Gasteiger partial charge is 0.345 e. The van der Waals surface area contributed by atoms with Gasteiger partial charge in [-0.25, -0.2) is 0 Å². The highest BCUT2D eigenvalue weighted by molar-refractivity contribution is 5.77. The van der Waals surface area contributed by atoms with Gasteiger partial charge < -0.3 is 9.64 Å². The van der Waals surface area contributed by atoms with E-state index in [9.17, 15) is 13.6 Å². The molecule has 5 heteroatoms. The van der Waals surface area contributed by atoms with Gasteiger partial charge in [0.2, 0.25) is 5.91 Å². The van der Waals surface area contributed by atoms with Crippen LogP contribution < -0.4 is 0 Å². The Balaban J connectivity index is 2.31. The summed E-state index contributed by atoms with van der Waals surface area (Å²) < 4.78 is 27.4. The van der Waals surface area contributed by atoms with E-state index < -0.39 is 13.2 Å². The molecule has 88 valence electrons. The summed E-state index contributed by atoms with van der Waals surface area (Å²) in [6.07, 6.45) is 2.99. The first-order chi connectivity index (χ1) is 7.09. The summed E-state index contributed by atoms with van der Waals surface area (Å²) in [5.41, 5.74) is 0. The van der Waals surface area contributed by atoms with Crippen molar-refractivity contribution >= 4 is 5.91 Å². The number of nitrogens with zero attached hydrogens (tertiary/aromatic N) is 1. The molecule has 0 bridgehead atoms. The lowest BCUT2D eigenvalue weighted by Crippen LogP contribution is -2.35. The molecule has 1 aliphatic heterocycles. The van der Waals surface area contributed by atoms with Crippen LogP contribution in [0.1, 0.15) is 26.2 Å². The first-order valence-electron chi connectivity index (χ1n) is 5.27. The smallest absolute Gasteiger partial charge is 0.341 e. The van der Waals surface area contributed by atoms with Gasteiger partial charge in [0.1, 0.15) is 6.61 Å². The fourth-order valence-electron chi connectivity index (χ4n) is 1.74. The van der Waals surface area contributed by atoms with Crippen LogP contribution in [0.3, 0.4) is 0 Å². The lowest BCUT2D eigenvalue weighted by Gasteiger charge is -2.20. The molecule has 1 rings (SSSR count). The molecule has 0 aliphatic carbocycles. The van der Waals surface area contributed by atoms with E-state index in [0.717, 1.165) is 19.3 Å². The Morgan fingerprint density at radius 3 is 2.87 bits per heavy atom. The molecule has 0 aromatic heterocycles. The summed E-state index contributed by atoms with van der Waals surface area (Å²) in [6.45, 7) is 0.0952. The molecule has 1 fully saturated rings. The molecule has 1 saturated heterocycles. The molecule has 0 unspecified atom stereocenters. The third kappa shape index (κ3) is 4.55. The molecular formula is C10H17F2NO2. The number of likely N-dealkylation sites (tertiary alicyclic amines) is 1. The van der Waals surface area contributed by atoms with Crippen LogP contribution in [-0.4, -0.2) is 37.1 Å². The molecule has 1 aliphatic rings. The van der Waals surface area contributed by atoms with Gasteiger partial charge in [-0.2, -0.15) is 8.78 Å². The zero-order valence-corrected chi connectivity index (χ0v) is 8.92. The average molecular weight is 221 g/mol. The lowest BCUT2D eigenvalue weighted by atomic mass is 10.0. The number of carbonyl (C=O) groups excluding carboxylic acids is 1. The maximum Gasteiger partial charge on any atom is 0.345 e. The molecule has 0 N–H and O–H groups in total. The highest BCUT2D eigenvalue weighted by Gasteiger charge is 2.19. The number of ether oxygens (including phenoxy) is 1. The Labute approximate surface area is 88.4 Å². The second-order valence-electron chi connectivity index (χ2n) is 3.99. The monoisotopic (exact) mass is 221 g/mol. The van der Waals surface area contributed by atoms with E-state index in [1.165, 1.54) is 0 Å². The molecule has 1 amide bonds. The van der Waals surface area contributed by atoms with E-state index in [1.807, 2.05) is 0 Å². The van der Waals surface area contributed by atoms with Crippen molar-refractivity contribution in [2.24, 2.45) is 5.92 Å². The van der Waals surface area contributed by atoms with Crippen molar-refractivity contribution in [3.05, 3.63) is 0 Å². The van der Waals surface area contributed by atoms with Gasteiger partial charge in [-0.15, -0.1) is 0 Å². The highest BCUT2D eigenvalue weighted by Crippen LogP contribution is 2.16. The summed E-state index contributed by atoms with van der Waals surface area (Å²) in [4.78, 5) is 13.0. The van der Waals surface area contributed by atoms with Gasteiger partial charge >= 0.3 is 6.61 Å². The van der Waals surface area contributed by atoms with Crippen LogP contribution in [0.15, 0.2) is 0 Å². The maximum atomic E-state index is 11.7. The van der Waals surface area contributed by atoms with Crippen molar-refractivity contribution in [3.8, 4) is 0 Å². The van der Waals surface area contributed by atoms with Crippen LogP contribution in [0.4, 0.5) is 8.78 Å². The minimum absolute atomic E-state index is 0.329. The minimum atomic E-state index is -2.86. The van der Waals surface area contributed by atoms with Crippen molar-refractivity contribution in [2.45, 2.75) is 32.8 Å². The molecule has 0 aromatic rings. The Bertz CT molecular complexity index is 212. The second kappa shape index (κ2) is 6.00. The number of carbonyl (C=O) groups is 1. The van der Waals surface area contributed by atoms with E-state index in [2.05, 4.69) is 11.7 Å². The van der Waals surface area contributed by atoms with Crippen molar-refractivity contribution in [3.63, 3.8) is 0 Å². The molecule has 0 spiro atoms. The van der Waals surface area contributed by atoms with Gasteiger partial charge in [-0.3, -0.25) is 4.79 Å². The van der Waals surface area contributed by atoms with Gasteiger partial charge in [-0.05, 0) is 25.2 Å². The van der Waals surface area contributed by atoms with Gasteiger partial charge in [0.25, 0.3) is 0 Å². The fourth-order valence-corrected chi connectivity index (χ4v) is 1.74. The minimum Gasteiger partial charge on any atom is -0.341 e. The van der Waals surface area contributed by atoms with Crippen LogP contribution in [0, 0.1) is 5.92 Å². The van der Waals surface area contributed by atoms with E-state index >= 15 is 0 Å². The van der Waals surface area contributed by atoms with Gasteiger partial charge in [0.15, 0.2) is 0 Å². The zero-order valence-electron chi connectivity index (χ0n) is 8.92.